The third-order valence-electron chi connectivity index (χ3n) is 7.66. The van der Waals surface area contributed by atoms with Gasteiger partial charge in [-0.2, -0.15) is 12.7 Å². The Morgan fingerprint density at radius 3 is 2.64 bits per heavy atom. The molecule has 1 N–H and O–H groups in total. The molecule has 1 aromatic heterocycles. The van der Waals surface area contributed by atoms with Gasteiger partial charge in [-0.05, 0) is 60.2 Å². The van der Waals surface area contributed by atoms with Gasteiger partial charge in [0.05, 0.1) is 31.7 Å². The molecule has 1 atom stereocenters. The van der Waals surface area contributed by atoms with Gasteiger partial charge in [0.2, 0.25) is 0 Å². The molecule has 1 aliphatic rings. The summed E-state index contributed by atoms with van der Waals surface area (Å²) in [5, 5.41) is 17.9. The number of aliphatic hydroxyl groups excluding tert-OH is 1. The van der Waals surface area contributed by atoms with E-state index in [4.69, 9.17) is 13.7 Å². The summed E-state index contributed by atoms with van der Waals surface area (Å²) in [5.41, 5.74) is 6.62. The highest BCUT2D eigenvalue weighted by Gasteiger charge is 2.31. The van der Waals surface area contributed by atoms with Crippen molar-refractivity contribution in [2.45, 2.75) is 52.8 Å². The van der Waals surface area contributed by atoms with Crippen molar-refractivity contribution in [3.05, 3.63) is 106 Å². The van der Waals surface area contributed by atoms with E-state index >= 15 is 0 Å². The Labute approximate surface area is 256 Å². The van der Waals surface area contributed by atoms with Gasteiger partial charge in [0.1, 0.15) is 12.1 Å². The number of esters is 1. The number of benzene rings is 3. The molecule has 4 aromatic rings. The second-order valence-electron chi connectivity index (χ2n) is 10.6. The molecule has 0 spiro atoms. The van der Waals surface area contributed by atoms with Crippen LogP contribution in [0.4, 0.5) is 0 Å². The lowest BCUT2D eigenvalue weighted by molar-refractivity contribution is -0.143. The summed E-state index contributed by atoms with van der Waals surface area (Å²) in [7, 11) is -4.11. The van der Waals surface area contributed by atoms with E-state index < -0.39 is 10.3 Å². The van der Waals surface area contributed by atoms with E-state index in [1.165, 1.54) is 4.31 Å². The molecule has 12 heteroatoms. The molecule has 0 bridgehead atoms. The first-order valence-corrected chi connectivity index (χ1v) is 15.8. The van der Waals surface area contributed by atoms with Crippen molar-refractivity contribution in [3.63, 3.8) is 0 Å². The number of aliphatic hydroxyl groups is 1. The highest BCUT2D eigenvalue weighted by Crippen LogP contribution is 2.35. The second kappa shape index (κ2) is 13.6. The lowest BCUT2D eigenvalue weighted by Crippen LogP contribution is -2.36. The van der Waals surface area contributed by atoms with Crippen LogP contribution in [-0.2, 0) is 48.5 Å². The summed E-state index contributed by atoms with van der Waals surface area (Å²) < 4.78 is 45.2. The van der Waals surface area contributed by atoms with Crippen LogP contribution in [0, 0.1) is 13.8 Å². The maximum Gasteiger partial charge on any atom is 0.388 e. The number of carbonyl (C=O) groups excluding carboxylic acids is 1. The van der Waals surface area contributed by atoms with Crippen molar-refractivity contribution in [1.29, 1.82) is 0 Å². The van der Waals surface area contributed by atoms with Gasteiger partial charge in [0.25, 0.3) is 5.95 Å². The Kier molecular flexibility index (Phi) is 9.62. The van der Waals surface area contributed by atoms with Crippen LogP contribution >= 0.6 is 0 Å². The lowest BCUT2D eigenvalue weighted by Gasteiger charge is -2.26. The zero-order valence-corrected chi connectivity index (χ0v) is 25.8. The number of nitrogens with zero attached hydrogens (tertiary/aromatic N) is 4. The lowest BCUT2D eigenvalue weighted by atomic mass is 9.84. The first-order chi connectivity index (χ1) is 21.2. The Hall–Kier alpha value is -4.26. The van der Waals surface area contributed by atoms with Crippen molar-refractivity contribution < 1.29 is 32.0 Å². The van der Waals surface area contributed by atoms with Gasteiger partial charge in [-0.3, -0.25) is 4.79 Å². The molecule has 0 saturated carbocycles. The van der Waals surface area contributed by atoms with Crippen LogP contribution < -0.4 is 0 Å². The van der Waals surface area contributed by atoms with Crippen LogP contribution in [0.1, 0.15) is 52.6 Å². The maximum atomic E-state index is 13.1. The number of aryl methyl sites for hydroxylation is 2. The Morgan fingerprint density at radius 1 is 1.11 bits per heavy atom. The van der Waals surface area contributed by atoms with Crippen molar-refractivity contribution in [3.8, 4) is 0 Å². The first kappa shape index (κ1) is 31.2. The summed E-state index contributed by atoms with van der Waals surface area (Å²) in [6.45, 7) is 6.48. The zero-order valence-electron chi connectivity index (χ0n) is 25.0. The van der Waals surface area contributed by atoms with E-state index in [2.05, 4.69) is 10.3 Å². The number of hydrogen-bond donors (Lipinski definition) is 1. The Balaban J connectivity index is 1.42. The van der Waals surface area contributed by atoms with Crippen molar-refractivity contribution in [1.82, 2.24) is 19.3 Å². The first-order valence-electron chi connectivity index (χ1n) is 14.4. The minimum atomic E-state index is -4.11. The summed E-state index contributed by atoms with van der Waals surface area (Å²) in [5.74, 6) is -0.775. The third-order valence-corrected chi connectivity index (χ3v) is 8.94. The monoisotopic (exact) mass is 620 g/mol. The van der Waals surface area contributed by atoms with Crippen molar-refractivity contribution in [2.75, 3.05) is 19.8 Å². The predicted octanol–water partition coefficient (Wildman–Crippen LogP) is 4.26. The molecule has 5 rings (SSSR count). The van der Waals surface area contributed by atoms with Gasteiger partial charge in [0, 0.05) is 25.1 Å². The molecule has 0 aliphatic carbocycles. The molecule has 0 radical (unpaired) electrons. The maximum absolute atomic E-state index is 13.1. The Bertz CT molecular complexity index is 1770. The third kappa shape index (κ3) is 6.93. The highest BCUT2D eigenvalue weighted by molar-refractivity contribution is 7.84. The van der Waals surface area contributed by atoms with E-state index in [1.54, 1.807) is 17.7 Å². The topological polar surface area (TPSA) is 133 Å². The largest absolute Gasteiger partial charge is 0.466 e. The highest BCUT2D eigenvalue weighted by atomic mass is 32.2. The number of carbonyl (C=O) groups is 1. The molecule has 11 nitrogen and oxygen atoms in total. The van der Waals surface area contributed by atoms with E-state index in [0.717, 1.165) is 38.9 Å². The molecule has 0 amide bonds. The average Bonchev–Trinajstić information content (AvgIpc) is 3.42. The smallest absolute Gasteiger partial charge is 0.388 e. The SMILES string of the molecule is CCOC(=O)CC(c1ccc(C)c(CN2CC=C(OCc3ccccc3)OS2(=O)=O)c1)c1ccc2c(nnn2CCO)c1C. The van der Waals surface area contributed by atoms with Crippen LogP contribution in [0.3, 0.4) is 0 Å². The van der Waals surface area contributed by atoms with E-state index in [9.17, 15) is 18.3 Å². The number of hydrogen-bond acceptors (Lipinski definition) is 9. The second-order valence-corrected chi connectivity index (χ2v) is 12.1. The van der Waals surface area contributed by atoms with E-state index in [1.807, 2.05) is 74.5 Å². The summed E-state index contributed by atoms with van der Waals surface area (Å²) in [6, 6.07) is 19.1. The molecule has 232 valence electrons. The van der Waals surface area contributed by atoms with Crippen molar-refractivity contribution in [2.24, 2.45) is 0 Å². The zero-order chi connectivity index (χ0) is 31.3. The summed E-state index contributed by atoms with van der Waals surface area (Å²) in [4.78, 5) is 12.8. The normalized spacial score (nSPS) is 15.4. The molecule has 44 heavy (non-hydrogen) atoms. The molecule has 1 unspecified atom stereocenters. The average molecular weight is 621 g/mol. The number of fused-ring (bicyclic) bond motifs is 1. The standard InChI is InChI=1S/C32H36N4O7S/c1-4-41-30(38)19-28(27-12-13-29-32(23(27)3)33-34-36(29)16-17-37)25-11-10-22(2)26(18-25)20-35-15-14-31(43-44(35,39)40)42-21-24-8-6-5-7-9-24/h5-14,18,28,37H,4,15-17,19-21H2,1-3H3. The van der Waals surface area contributed by atoms with Crippen molar-refractivity contribution >= 4 is 27.3 Å². The van der Waals surface area contributed by atoms with Crippen LogP contribution in [-0.4, -0.2) is 58.6 Å². The fourth-order valence-corrected chi connectivity index (χ4v) is 6.28. The van der Waals surface area contributed by atoms with E-state index in [0.29, 0.717) is 12.1 Å². The number of aromatic nitrogens is 3. The van der Waals surface area contributed by atoms with E-state index in [-0.39, 0.29) is 57.2 Å². The van der Waals surface area contributed by atoms with Gasteiger partial charge in [-0.15, -0.1) is 5.10 Å². The fraction of sp³-hybridized carbons (Fsp3) is 0.344. The van der Waals surface area contributed by atoms with Gasteiger partial charge in [-0.25, -0.2) is 4.68 Å². The molecular formula is C32H36N4O7S. The predicted molar refractivity (Wildman–Crippen MR) is 163 cm³/mol. The van der Waals surface area contributed by atoms with Crippen LogP contribution in [0.15, 0.2) is 72.7 Å². The van der Waals surface area contributed by atoms with Crippen LogP contribution in [0.25, 0.3) is 11.0 Å². The quantitative estimate of drug-likeness (QED) is 0.231. The van der Waals surface area contributed by atoms with Crippen LogP contribution in [0.5, 0.6) is 0 Å². The molecular weight excluding hydrogens is 584 g/mol. The van der Waals surface area contributed by atoms with Gasteiger partial charge < -0.3 is 18.8 Å². The summed E-state index contributed by atoms with van der Waals surface area (Å²) >= 11 is 0. The van der Waals surface area contributed by atoms with Gasteiger partial charge >= 0.3 is 16.3 Å². The fourth-order valence-electron chi connectivity index (χ4n) is 5.30. The molecule has 0 saturated heterocycles. The van der Waals surface area contributed by atoms with Gasteiger partial charge in [0.15, 0.2) is 0 Å². The number of rotatable bonds is 12. The van der Waals surface area contributed by atoms with Crippen LogP contribution in [0.2, 0.25) is 0 Å². The Morgan fingerprint density at radius 2 is 1.91 bits per heavy atom. The number of ether oxygens (including phenoxy) is 2. The summed E-state index contributed by atoms with van der Waals surface area (Å²) in [6.07, 6.45) is 1.69. The van der Waals surface area contributed by atoms with Gasteiger partial charge in [-0.1, -0.05) is 59.8 Å². The molecule has 0 fully saturated rings. The molecule has 3 aromatic carbocycles. The molecule has 2 heterocycles. The minimum Gasteiger partial charge on any atom is -0.466 e. The molecule has 1 aliphatic heterocycles. The minimum absolute atomic E-state index is 0.0492.